The Labute approximate surface area is 137 Å². The molecule has 0 spiro atoms. The highest BCUT2D eigenvalue weighted by Gasteiger charge is 2.08. The van der Waals surface area contributed by atoms with E-state index < -0.39 is 5.82 Å². The number of nitrogens with one attached hydrogen (secondary N) is 2. The first-order chi connectivity index (χ1) is 11.5. The van der Waals surface area contributed by atoms with Crippen LogP contribution in [-0.2, 0) is 0 Å². The van der Waals surface area contributed by atoms with Gasteiger partial charge in [0.25, 0.3) is 11.5 Å². The summed E-state index contributed by atoms with van der Waals surface area (Å²) in [6, 6.07) is 13.6. The number of carbonyl (C=O) groups excluding carboxylic acids is 1. The molecule has 6 heteroatoms. The molecule has 3 rings (SSSR count). The summed E-state index contributed by atoms with van der Waals surface area (Å²) >= 11 is 0. The molecule has 0 radical (unpaired) electrons. The molecule has 0 bridgehead atoms. The van der Waals surface area contributed by atoms with Crippen molar-refractivity contribution in [1.82, 2.24) is 9.97 Å². The number of hydrogen-bond donors (Lipinski definition) is 2. The van der Waals surface area contributed by atoms with Gasteiger partial charge in [-0.15, -0.1) is 0 Å². The fraction of sp³-hybridized carbons (Fsp3) is 0.0556. The minimum atomic E-state index is -0.400. The number of aromatic nitrogens is 2. The fourth-order valence-electron chi connectivity index (χ4n) is 2.26. The number of anilines is 1. The van der Waals surface area contributed by atoms with Crippen molar-refractivity contribution < 1.29 is 9.18 Å². The molecule has 0 fully saturated rings. The van der Waals surface area contributed by atoms with E-state index in [9.17, 15) is 14.0 Å². The second-order valence-electron chi connectivity index (χ2n) is 5.28. The van der Waals surface area contributed by atoms with Crippen LogP contribution < -0.4 is 10.9 Å². The molecule has 0 aliphatic carbocycles. The number of hydrogen-bond acceptors (Lipinski definition) is 3. The normalized spacial score (nSPS) is 10.4. The molecule has 0 saturated carbocycles. The zero-order valence-corrected chi connectivity index (χ0v) is 12.8. The molecule has 5 nitrogen and oxygen atoms in total. The number of H-pyrrole nitrogens is 1. The zero-order chi connectivity index (χ0) is 17.1. The SMILES string of the molecule is Cc1cc(=O)[nH]c(-c2cccc(NC(=O)c3ccc(F)cc3)c2)n1. The summed E-state index contributed by atoms with van der Waals surface area (Å²) in [4.78, 5) is 30.7. The number of benzene rings is 2. The van der Waals surface area contributed by atoms with Crippen LogP contribution in [0.5, 0.6) is 0 Å². The molecule has 1 aromatic heterocycles. The predicted molar refractivity (Wildman–Crippen MR) is 89.4 cm³/mol. The van der Waals surface area contributed by atoms with Crippen LogP contribution in [0.2, 0.25) is 0 Å². The predicted octanol–water partition coefficient (Wildman–Crippen LogP) is 3.14. The van der Waals surface area contributed by atoms with E-state index in [4.69, 9.17) is 0 Å². The highest BCUT2D eigenvalue weighted by molar-refractivity contribution is 6.04. The summed E-state index contributed by atoms with van der Waals surface area (Å²) in [6.45, 7) is 1.74. The Hall–Kier alpha value is -3.28. The maximum Gasteiger partial charge on any atom is 0.255 e. The van der Waals surface area contributed by atoms with E-state index in [1.54, 1.807) is 31.2 Å². The third-order valence-corrected chi connectivity index (χ3v) is 3.37. The van der Waals surface area contributed by atoms with Crippen molar-refractivity contribution in [3.05, 3.63) is 82.0 Å². The largest absolute Gasteiger partial charge is 0.322 e. The number of nitrogens with zero attached hydrogens (tertiary/aromatic N) is 1. The van der Waals surface area contributed by atoms with Crippen LogP contribution in [0, 0.1) is 12.7 Å². The Morgan fingerprint density at radius 3 is 2.58 bits per heavy atom. The molecule has 0 saturated heterocycles. The molecule has 0 unspecified atom stereocenters. The van der Waals surface area contributed by atoms with E-state index in [1.807, 2.05) is 0 Å². The molecule has 1 amide bonds. The highest BCUT2D eigenvalue weighted by Crippen LogP contribution is 2.19. The first kappa shape index (κ1) is 15.6. The third-order valence-electron chi connectivity index (χ3n) is 3.37. The third kappa shape index (κ3) is 3.55. The lowest BCUT2D eigenvalue weighted by atomic mass is 10.1. The molecule has 1 heterocycles. The van der Waals surface area contributed by atoms with Gasteiger partial charge in [-0.2, -0.15) is 0 Å². The smallest absolute Gasteiger partial charge is 0.255 e. The number of rotatable bonds is 3. The average Bonchev–Trinajstić information content (AvgIpc) is 2.55. The van der Waals surface area contributed by atoms with Crippen molar-refractivity contribution in [2.45, 2.75) is 6.92 Å². The lowest BCUT2D eigenvalue weighted by molar-refractivity contribution is 0.102. The van der Waals surface area contributed by atoms with Gasteiger partial charge in [0.15, 0.2) is 0 Å². The van der Waals surface area contributed by atoms with Gasteiger partial charge < -0.3 is 10.3 Å². The molecule has 2 N–H and O–H groups in total. The van der Waals surface area contributed by atoms with Gasteiger partial charge in [-0.25, -0.2) is 9.37 Å². The Morgan fingerprint density at radius 1 is 1.12 bits per heavy atom. The first-order valence-electron chi connectivity index (χ1n) is 7.26. The van der Waals surface area contributed by atoms with Crippen molar-refractivity contribution in [3.8, 4) is 11.4 Å². The molecule has 0 aliphatic rings. The van der Waals surface area contributed by atoms with E-state index in [0.717, 1.165) is 0 Å². The number of carbonyl (C=O) groups is 1. The Balaban J connectivity index is 1.86. The molecule has 0 atom stereocenters. The van der Waals surface area contributed by atoms with Crippen molar-refractivity contribution in [2.24, 2.45) is 0 Å². The van der Waals surface area contributed by atoms with Crippen LogP contribution in [0.1, 0.15) is 16.1 Å². The van der Waals surface area contributed by atoms with Gasteiger partial charge in [0.1, 0.15) is 11.6 Å². The zero-order valence-electron chi connectivity index (χ0n) is 12.8. The number of halogens is 1. The van der Waals surface area contributed by atoms with E-state index in [0.29, 0.717) is 28.3 Å². The van der Waals surface area contributed by atoms with Crippen LogP contribution in [-0.4, -0.2) is 15.9 Å². The topological polar surface area (TPSA) is 74.8 Å². The minimum Gasteiger partial charge on any atom is -0.322 e. The Morgan fingerprint density at radius 2 is 1.88 bits per heavy atom. The summed E-state index contributed by atoms with van der Waals surface area (Å²) < 4.78 is 12.9. The molecule has 24 heavy (non-hydrogen) atoms. The van der Waals surface area contributed by atoms with Gasteiger partial charge in [0.05, 0.1) is 0 Å². The quantitative estimate of drug-likeness (QED) is 0.777. The molecule has 120 valence electrons. The Bertz CT molecular complexity index is 949. The van der Waals surface area contributed by atoms with Gasteiger partial charge in [0, 0.05) is 28.6 Å². The Kier molecular flexibility index (Phi) is 4.20. The van der Waals surface area contributed by atoms with Crippen LogP contribution in [0.3, 0.4) is 0 Å². The van der Waals surface area contributed by atoms with E-state index in [1.165, 1.54) is 30.3 Å². The highest BCUT2D eigenvalue weighted by atomic mass is 19.1. The van der Waals surface area contributed by atoms with E-state index in [2.05, 4.69) is 15.3 Å². The van der Waals surface area contributed by atoms with Crippen molar-refractivity contribution in [1.29, 1.82) is 0 Å². The molecular formula is C18H14FN3O2. The fourth-order valence-corrected chi connectivity index (χ4v) is 2.26. The second-order valence-corrected chi connectivity index (χ2v) is 5.28. The van der Waals surface area contributed by atoms with Gasteiger partial charge in [-0.1, -0.05) is 12.1 Å². The van der Waals surface area contributed by atoms with Gasteiger partial charge in [-0.05, 0) is 43.3 Å². The van der Waals surface area contributed by atoms with E-state index in [-0.39, 0.29) is 11.5 Å². The van der Waals surface area contributed by atoms with E-state index >= 15 is 0 Å². The lowest BCUT2D eigenvalue weighted by Gasteiger charge is -2.08. The van der Waals surface area contributed by atoms with Crippen molar-refractivity contribution in [3.63, 3.8) is 0 Å². The molecule has 2 aromatic carbocycles. The van der Waals surface area contributed by atoms with Crippen molar-refractivity contribution >= 4 is 11.6 Å². The second kappa shape index (κ2) is 6.45. The van der Waals surface area contributed by atoms with Crippen LogP contribution in [0.15, 0.2) is 59.4 Å². The van der Waals surface area contributed by atoms with Gasteiger partial charge in [0.2, 0.25) is 0 Å². The molecule has 0 aliphatic heterocycles. The standard InChI is InChI=1S/C18H14FN3O2/c1-11-9-16(23)22-17(20-11)13-3-2-4-15(10-13)21-18(24)12-5-7-14(19)8-6-12/h2-10H,1H3,(H,21,24)(H,20,22,23). The number of aryl methyl sites for hydroxylation is 1. The summed E-state index contributed by atoms with van der Waals surface area (Å²) in [5.41, 5.74) is 1.94. The van der Waals surface area contributed by atoms with Crippen LogP contribution in [0.25, 0.3) is 11.4 Å². The lowest BCUT2D eigenvalue weighted by Crippen LogP contribution is -2.12. The minimum absolute atomic E-state index is 0.238. The van der Waals surface area contributed by atoms with Gasteiger partial charge in [-0.3, -0.25) is 9.59 Å². The van der Waals surface area contributed by atoms with Gasteiger partial charge >= 0.3 is 0 Å². The summed E-state index contributed by atoms with van der Waals surface area (Å²) in [6.07, 6.45) is 0. The monoisotopic (exact) mass is 323 g/mol. The number of aromatic amines is 1. The number of amides is 1. The first-order valence-corrected chi connectivity index (χ1v) is 7.26. The molecular weight excluding hydrogens is 309 g/mol. The summed E-state index contributed by atoms with van der Waals surface area (Å²) in [5.74, 6) is -0.321. The maximum atomic E-state index is 12.9. The van der Waals surface area contributed by atoms with Crippen LogP contribution >= 0.6 is 0 Å². The molecule has 3 aromatic rings. The van der Waals surface area contributed by atoms with Crippen LogP contribution in [0.4, 0.5) is 10.1 Å². The maximum absolute atomic E-state index is 12.9. The summed E-state index contributed by atoms with van der Waals surface area (Å²) in [7, 11) is 0. The van der Waals surface area contributed by atoms with Crippen molar-refractivity contribution in [2.75, 3.05) is 5.32 Å². The summed E-state index contributed by atoms with van der Waals surface area (Å²) in [5, 5.41) is 2.74. The average molecular weight is 323 g/mol.